The molecular weight excluding hydrogens is 348 g/mol. The molecule has 2 fully saturated rings. The van der Waals surface area contributed by atoms with Crippen LogP contribution >= 0.6 is 0 Å². The zero-order valence-corrected chi connectivity index (χ0v) is 14.8. The minimum atomic E-state index is -3.22. The van der Waals surface area contributed by atoms with Crippen LogP contribution in [-0.2, 0) is 10.0 Å². The average Bonchev–Trinajstić information content (AvgIpc) is 3.36. The van der Waals surface area contributed by atoms with Gasteiger partial charge in [-0.25, -0.2) is 18.1 Å². The van der Waals surface area contributed by atoms with Gasteiger partial charge in [-0.2, -0.15) is 4.98 Å². The van der Waals surface area contributed by atoms with E-state index < -0.39 is 14.9 Å². The third-order valence-electron chi connectivity index (χ3n) is 4.31. The van der Waals surface area contributed by atoms with Crippen molar-refractivity contribution in [2.75, 3.05) is 36.1 Å². The third-order valence-corrected chi connectivity index (χ3v) is 5.00. The summed E-state index contributed by atoms with van der Waals surface area (Å²) in [5.74, 6) is 0.855. The zero-order chi connectivity index (χ0) is 18.0. The van der Waals surface area contributed by atoms with Gasteiger partial charge in [-0.15, -0.1) is 0 Å². The van der Waals surface area contributed by atoms with Crippen LogP contribution in [0.1, 0.15) is 25.7 Å². The Bertz CT molecular complexity index is 752. The Hall–Kier alpha value is -2.01. The lowest BCUT2D eigenvalue weighted by molar-refractivity contribution is -0.384. The summed E-state index contributed by atoms with van der Waals surface area (Å²) < 4.78 is 25.1. The van der Waals surface area contributed by atoms with Crippen molar-refractivity contribution in [1.29, 1.82) is 0 Å². The molecule has 11 heteroatoms. The minimum absolute atomic E-state index is 0.122. The second-order valence-corrected chi connectivity index (χ2v) is 8.49. The average molecular weight is 370 g/mol. The van der Waals surface area contributed by atoms with Crippen LogP contribution in [0, 0.1) is 16.0 Å². The third kappa shape index (κ3) is 4.98. The fourth-order valence-corrected chi connectivity index (χ4v) is 3.40. The first-order chi connectivity index (χ1) is 11.8. The Morgan fingerprint density at radius 1 is 1.40 bits per heavy atom. The molecule has 1 unspecified atom stereocenters. The molecule has 1 saturated carbocycles. The van der Waals surface area contributed by atoms with E-state index in [1.54, 1.807) is 0 Å². The Labute approximate surface area is 146 Å². The van der Waals surface area contributed by atoms with Crippen LogP contribution in [0.15, 0.2) is 6.20 Å². The van der Waals surface area contributed by atoms with E-state index in [9.17, 15) is 18.5 Å². The van der Waals surface area contributed by atoms with Crippen molar-refractivity contribution in [2.45, 2.75) is 31.7 Å². The number of anilines is 2. The number of sulfonamides is 1. The molecule has 1 aromatic rings. The minimum Gasteiger partial charge on any atom is -0.361 e. The summed E-state index contributed by atoms with van der Waals surface area (Å²) >= 11 is 0. The highest BCUT2D eigenvalue weighted by atomic mass is 32.2. The van der Waals surface area contributed by atoms with Gasteiger partial charge in [-0.3, -0.25) is 10.1 Å². The molecule has 1 aliphatic heterocycles. The summed E-state index contributed by atoms with van der Waals surface area (Å²) in [6.45, 7) is 1.73. The molecule has 0 amide bonds. The molecule has 0 radical (unpaired) electrons. The molecule has 0 bridgehead atoms. The van der Waals surface area contributed by atoms with Gasteiger partial charge in [0.15, 0.2) is 0 Å². The topological polar surface area (TPSA) is 130 Å². The molecule has 0 aromatic carbocycles. The van der Waals surface area contributed by atoms with E-state index in [0.717, 1.165) is 38.5 Å². The number of aromatic nitrogens is 2. The Balaban J connectivity index is 1.72. The first-order valence-electron chi connectivity index (χ1n) is 8.29. The largest absolute Gasteiger partial charge is 0.361 e. The van der Waals surface area contributed by atoms with E-state index in [1.807, 2.05) is 4.90 Å². The van der Waals surface area contributed by atoms with Gasteiger partial charge in [0.1, 0.15) is 6.20 Å². The van der Waals surface area contributed by atoms with Crippen molar-refractivity contribution in [1.82, 2.24) is 14.7 Å². The standard InChI is InChI=1S/C14H22N6O4S/c1-25(23,24)16-7-10-3-2-6-19(9-10)14-15-8-12(20(21)22)13(18-14)17-11-4-5-11/h8,10-11,16H,2-7,9H2,1H3,(H,15,17,18). The molecule has 1 saturated heterocycles. The van der Waals surface area contributed by atoms with Crippen molar-refractivity contribution in [3.8, 4) is 0 Å². The van der Waals surface area contributed by atoms with E-state index in [2.05, 4.69) is 20.0 Å². The predicted octanol–water partition coefficient (Wildman–Crippen LogP) is 0.725. The number of piperidine rings is 1. The fourth-order valence-electron chi connectivity index (χ4n) is 2.86. The number of hydrogen-bond acceptors (Lipinski definition) is 8. The highest BCUT2D eigenvalue weighted by molar-refractivity contribution is 7.88. The highest BCUT2D eigenvalue weighted by Gasteiger charge is 2.28. The molecule has 138 valence electrons. The second-order valence-electron chi connectivity index (χ2n) is 6.65. The van der Waals surface area contributed by atoms with E-state index in [-0.39, 0.29) is 23.5 Å². The first-order valence-corrected chi connectivity index (χ1v) is 10.2. The van der Waals surface area contributed by atoms with E-state index in [0.29, 0.717) is 19.0 Å². The van der Waals surface area contributed by atoms with Gasteiger partial charge < -0.3 is 10.2 Å². The molecule has 1 aliphatic carbocycles. The van der Waals surface area contributed by atoms with E-state index in [4.69, 9.17) is 0 Å². The highest BCUT2D eigenvalue weighted by Crippen LogP contribution is 2.30. The van der Waals surface area contributed by atoms with Crippen LogP contribution in [0.3, 0.4) is 0 Å². The molecule has 2 aliphatic rings. The molecule has 2 heterocycles. The molecule has 10 nitrogen and oxygen atoms in total. The first kappa shape index (κ1) is 17.8. The molecular formula is C14H22N6O4S. The van der Waals surface area contributed by atoms with Crippen LogP contribution < -0.4 is 14.9 Å². The number of nitro groups is 1. The summed E-state index contributed by atoms with van der Waals surface area (Å²) in [4.78, 5) is 21.1. The lowest BCUT2D eigenvalue weighted by Crippen LogP contribution is -2.41. The number of nitrogens with zero attached hydrogens (tertiary/aromatic N) is 4. The smallest absolute Gasteiger partial charge is 0.329 e. The van der Waals surface area contributed by atoms with Crippen LogP contribution in [-0.4, -0.2) is 55.2 Å². The molecule has 0 spiro atoms. The van der Waals surface area contributed by atoms with Crippen LogP contribution in [0.4, 0.5) is 17.5 Å². The van der Waals surface area contributed by atoms with Gasteiger partial charge in [-0.1, -0.05) is 0 Å². The summed E-state index contributed by atoms with van der Waals surface area (Å²) in [5, 5.41) is 14.2. The quantitative estimate of drug-likeness (QED) is 0.530. The Morgan fingerprint density at radius 2 is 2.16 bits per heavy atom. The number of hydrogen-bond donors (Lipinski definition) is 2. The van der Waals surface area contributed by atoms with Crippen LogP contribution in [0.5, 0.6) is 0 Å². The van der Waals surface area contributed by atoms with Gasteiger partial charge in [0.2, 0.25) is 21.8 Å². The van der Waals surface area contributed by atoms with Crippen molar-refractivity contribution < 1.29 is 13.3 Å². The van der Waals surface area contributed by atoms with Crippen LogP contribution in [0.25, 0.3) is 0 Å². The Morgan fingerprint density at radius 3 is 2.80 bits per heavy atom. The number of nitrogens with one attached hydrogen (secondary N) is 2. The SMILES string of the molecule is CS(=O)(=O)NCC1CCCN(c2ncc([N+](=O)[O-])c(NC3CC3)n2)C1. The monoisotopic (exact) mass is 370 g/mol. The van der Waals surface area contributed by atoms with Gasteiger partial charge in [-0.05, 0) is 31.6 Å². The number of rotatable bonds is 7. The maximum atomic E-state index is 11.3. The van der Waals surface area contributed by atoms with E-state index >= 15 is 0 Å². The Kier molecular flexibility index (Phi) is 5.04. The fraction of sp³-hybridized carbons (Fsp3) is 0.714. The summed E-state index contributed by atoms with van der Waals surface area (Å²) in [7, 11) is -3.22. The van der Waals surface area contributed by atoms with Gasteiger partial charge in [0.25, 0.3) is 0 Å². The maximum absolute atomic E-state index is 11.3. The van der Waals surface area contributed by atoms with Gasteiger partial charge in [0.05, 0.1) is 11.2 Å². The van der Waals surface area contributed by atoms with E-state index in [1.165, 1.54) is 6.20 Å². The summed E-state index contributed by atoms with van der Waals surface area (Å²) in [5.41, 5.74) is -0.122. The zero-order valence-electron chi connectivity index (χ0n) is 14.0. The molecule has 3 rings (SSSR count). The van der Waals surface area contributed by atoms with Crippen molar-refractivity contribution in [2.24, 2.45) is 5.92 Å². The maximum Gasteiger partial charge on any atom is 0.329 e. The molecule has 1 aromatic heterocycles. The summed E-state index contributed by atoms with van der Waals surface area (Å²) in [6.07, 6.45) is 6.16. The van der Waals surface area contributed by atoms with Gasteiger partial charge in [0, 0.05) is 25.7 Å². The van der Waals surface area contributed by atoms with Crippen molar-refractivity contribution in [3.63, 3.8) is 0 Å². The predicted molar refractivity (Wildman–Crippen MR) is 93.1 cm³/mol. The second kappa shape index (κ2) is 7.08. The molecule has 2 N–H and O–H groups in total. The molecule has 25 heavy (non-hydrogen) atoms. The van der Waals surface area contributed by atoms with Crippen molar-refractivity contribution >= 4 is 27.5 Å². The normalized spacial score (nSPS) is 21.2. The lowest BCUT2D eigenvalue weighted by Gasteiger charge is -2.32. The van der Waals surface area contributed by atoms with Crippen LogP contribution in [0.2, 0.25) is 0 Å². The molecule has 1 atom stereocenters. The lowest BCUT2D eigenvalue weighted by atomic mass is 9.99. The summed E-state index contributed by atoms with van der Waals surface area (Å²) in [6, 6.07) is 0.245. The van der Waals surface area contributed by atoms with Gasteiger partial charge >= 0.3 is 5.69 Å². The van der Waals surface area contributed by atoms with Crippen molar-refractivity contribution in [3.05, 3.63) is 16.3 Å².